The number of ether oxygens (including phenoxy) is 1. The molecule has 18 heavy (non-hydrogen) atoms. The molecule has 0 amide bonds. The fraction of sp³-hybridized carbons (Fsp3) is 0.0714. The van der Waals surface area contributed by atoms with Gasteiger partial charge in [0.05, 0.1) is 23.0 Å². The molecule has 0 aliphatic carbocycles. The highest BCUT2D eigenvalue weighted by Crippen LogP contribution is 2.22. The van der Waals surface area contributed by atoms with E-state index >= 15 is 0 Å². The summed E-state index contributed by atoms with van der Waals surface area (Å²) in [5.41, 5.74) is 14.0. The molecule has 0 saturated heterocycles. The molecular weight excluding hydrogens is 226 g/mol. The van der Waals surface area contributed by atoms with Crippen LogP contribution in [0.15, 0.2) is 42.5 Å². The molecule has 0 saturated carbocycles. The summed E-state index contributed by atoms with van der Waals surface area (Å²) in [5.74, 6) is 0.672. The van der Waals surface area contributed by atoms with Gasteiger partial charge in [-0.3, -0.25) is 0 Å². The summed E-state index contributed by atoms with van der Waals surface area (Å²) in [7, 11) is 0. The van der Waals surface area contributed by atoms with Crippen LogP contribution in [0.5, 0.6) is 5.75 Å². The molecule has 90 valence electrons. The van der Waals surface area contributed by atoms with Crippen molar-refractivity contribution >= 4 is 11.4 Å². The smallest absolute Gasteiger partial charge is 0.122 e. The molecule has 2 aromatic rings. The lowest BCUT2D eigenvalue weighted by Crippen LogP contribution is -1.98. The molecule has 0 heterocycles. The molecule has 4 heteroatoms. The van der Waals surface area contributed by atoms with Crippen LogP contribution in [0.1, 0.15) is 11.1 Å². The highest BCUT2D eigenvalue weighted by atomic mass is 16.5. The normalized spacial score (nSPS) is 9.72. The molecule has 0 aliphatic rings. The number of nitriles is 1. The van der Waals surface area contributed by atoms with Crippen molar-refractivity contribution in [1.82, 2.24) is 0 Å². The first-order valence-corrected chi connectivity index (χ1v) is 5.46. The second kappa shape index (κ2) is 5.11. The highest BCUT2D eigenvalue weighted by Gasteiger charge is 1.99. The van der Waals surface area contributed by atoms with E-state index in [1.54, 1.807) is 30.3 Å². The highest BCUT2D eigenvalue weighted by molar-refractivity contribution is 5.65. The summed E-state index contributed by atoms with van der Waals surface area (Å²) in [6.45, 7) is 0.426. The minimum atomic E-state index is 0.426. The van der Waals surface area contributed by atoms with E-state index in [0.717, 1.165) is 5.56 Å². The van der Waals surface area contributed by atoms with Crippen molar-refractivity contribution in [2.24, 2.45) is 0 Å². The standard InChI is InChI=1S/C14H13N3O/c15-8-10-1-3-11(4-2-10)9-18-12-5-6-13(16)14(17)7-12/h1-7H,9,16-17H2. The zero-order chi connectivity index (χ0) is 13.0. The van der Waals surface area contributed by atoms with Gasteiger partial charge in [0.15, 0.2) is 0 Å². The van der Waals surface area contributed by atoms with E-state index in [1.807, 2.05) is 12.1 Å². The molecule has 4 nitrogen and oxygen atoms in total. The maximum Gasteiger partial charge on any atom is 0.122 e. The van der Waals surface area contributed by atoms with Gasteiger partial charge >= 0.3 is 0 Å². The summed E-state index contributed by atoms with van der Waals surface area (Å²) in [5, 5.41) is 8.69. The number of rotatable bonds is 3. The average Bonchev–Trinajstić information content (AvgIpc) is 2.41. The van der Waals surface area contributed by atoms with Gasteiger partial charge in [0.25, 0.3) is 0 Å². The lowest BCUT2D eigenvalue weighted by atomic mass is 10.1. The quantitative estimate of drug-likeness (QED) is 0.805. The van der Waals surface area contributed by atoms with Gasteiger partial charge in [0.2, 0.25) is 0 Å². The Bertz CT molecular complexity index is 585. The van der Waals surface area contributed by atoms with Gasteiger partial charge in [0, 0.05) is 6.07 Å². The molecular formula is C14H13N3O. The molecule has 0 atom stereocenters. The fourth-order valence-corrected chi connectivity index (χ4v) is 1.48. The SMILES string of the molecule is N#Cc1ccc(COc2ccc(N)c(N)c2)cc1. The number of nitrogens with two attached hydrogens (primary N) is 2. The molecule has 0 unspecified atom stereocenters. The third kappa shape index (κ3) is 2.71. The van der Waals surface area contributed by atoms with Crippen molar-refractivity contribution < 1.29 is 4.74 Å². The van der Waals surface area contributed by atoms with Gasteiger partial charge in [-0.15, -0.1) is 0 Å². The van der Waals surface area contributed by atoms with Crippen LogP contribution >= 0.6 is 0 Å². The van der Waals surface area contributed by atoms with Gasteiger partial charge in [-0.2, -0.15) is 5.26 Å². The Labute approximate surface area is 105 Å². The number of anilines is 2. The predicted molar refractivity (Wildman–Crippen MR) is 70.8 cm³/mol. The van der Waals surface area contributed by atoms with Crippen LogP contribution in [0.2, 0.25) is 0 Å². The van der Waals surface area contributed by atoms with E-state index in [0.29, 0.717) is 29.3 Å². The summed E-state index contributed by atoms with van der Waals surface area (Å²) in [6, 6.07) is 14.5. The predicted octanol–water partition coefficient (Wildman–Crippen LogP) is 2.30. The number of hydrogen-bond acceptors (Lipinski definition) is 4. The molecule has 0 radical (unpaired) electrons. The Kier molecular flexibility index (Phi) is 3.35. The topological polar surface area (TPSA) is 85.1 Å². The van der Waals surface area contributed by atoms with E-state index in [2.05, 4.69) is 6.07 Å². The molecule has 2 aromatic carbocycles. The minimum Gasteiger partial charge on any atom is -0.489 e. The molecule has 0 aromatic heterocycles. The molecule has 0 aliphatic heterocycles. The Balaban J connectivity index is 2.02. The lowest BCUT2D eigenvalue weighted by Gasteiger charge is -2.08. The lowest BCUT2D eigenvalue weighted by molar-refractivity contribution is 0.306. The van der Waals surface area contributed by atoms with Gasteiger partial charge in [0.1, 0.15) is 12.4 Å². The van der Waals surface area contributed by atoms with E-state index in [1.165, 1.54) is 0 Å². The van der Waals surface area contributed by atoms with Gasteiger partial charge < -0.3 is 16.2 Å². The number of benzene rings is 2. The van der Waals surface area contributed by atoms with E-state index in [4.69, 9.17) is 21.5 Å². The summed E-state index contributed by atoms with van der Waals surface area (Å²) in [4.78, 5) is 0. The van der Waals surface area contributed by atoms with Crippen LogP contribution in [-0.2, 0) is 6.61 Å². The van der Waals surface area contributed by atoms with Crippen molar-refractivity contribution in [3.05, 3.63) is 53.6 Å². The maximum atomic E-state index is 8.69. The summed E-state index contributed by atoms with van der Waals surface area (Å²) < 4.78 is 5.58. The zero-order valence-electron chi connectivity index (χ0n) is 9.76. The molecule has 0 spiro atoms. The summed E-state index contributed by atoms with van der Waals surface area (Å²) >= 11 is 0. The first kappa shape index (κ1) is 11.8. The third-order valence-electron chi connectivity index (χ3n) is 2.55. The fourth-order valence-electron chi connectivity index (χ4n) is 1.48. The monoisotopic (exact) mass is 239 g/mol. The largest absolute Gasteiger partial charge is 0.489 e. The second-order valence-electron chi connectivity index (χ2n) is 3.89. The van der Waals surface area contributed by atoms with Crippen LogP contribution in [0.4, 0.5) is 11.4 Å². The van der Waals surface area contributed by atoms with Gasteiger partial charge in [-0.25, -0.2) is 0 Å². The van der Waals surface area contributed by atoms with Crippen molar-refractivity contribution in [2.45, 2.75) is 6.61 Å². The Morgan fingerprint density at radius 2 is 1.72 bits per heavy atom. The molecule has 4 N–H and O–H groups in total. The number of hydrogen-bond donors (Lipinski definition) is 2. The van der Waals surface area contributed by atoms with Crippen LogP contribution in [0.3, 0.4) is 0 Å². The molecule has 0 bridgehead atoms. The average molecular weight is 239 g/mol. The third-order valence-corrected chi connectivity index (χ3v) is 2.55. The van der Waals surface area contributed by atoms with Crippen molar-refractivity contribution in [3.63, 3.8) is 0 Å². The van der Waals surface area contributed by atoms with E-state index in [-0.39, 0.29) is 0 Å². The van der Waals surface area contributed by atoms with Gasteiger partial charge in [-0.05, 0) is 29.8 Å². The van der Waals surface area contributed by atoms with Crippen molar-refractivity contribution in [1.29, 1.82) is 5.26 Å². The zero-order valence-corrected chi connectivity index (χ0v) is 9.76. The van der Waals surface area contributed by atoms with Crippen LogP contribution in [0, 0.1) is 11.3 Å². The number of nitrogen functional groups attached to an aromatic ring is 2. The Morgan fingerprint density at radius 3 is 2.33 bits per heavy atom. The Morgan fingerprint density at radius 1 is 1.00 bits per heavy atom. The van der Waals surface area contributed by atoms with E-state index < -0.39 is 0 Å². The van der Waals surface area contributed by atoms with Crippen molar-refractivity contribution in [3.8, 4) is 11.8 Å². The first-order valence-electron chi connectivity index (χ1n) is 5.46. The number of nitrogens with zero attached hydrogens (tertiary/aromatic N) is 1. The van der Waals surface area contributed by atoms with Crippen molar-refractivity contribution in [2.75, 3.05) is 11.5 Å². The summed E-state index contributed by atoms with van der Waals surface area (Å²) in [6.07, 6.45) is 0. The Hall–Kier alpha value is -2.67. The molecule has 0 fully saturated rings. The van der Waals surface area contributed by atoms with Gasteiger partial charge in [-0.1, -0.05) is 12.1 Å². The van der Waals surface area contributed by atoms with Crippen LogP contribution in [-0.4, -0.2) is 0 Å². The molecule has 2 rings (SSSR count). The second-order valence-corrected chi connectivity index (χ2v) is 3.89. The first-order chi connectivity index (χ1) is 8.69. The maximum absolute atomic E-state index is 8.69. The van der Waals surface area contributed by atoms with Crippen LogP contribution < -0.4 is 16.2 Å². The van der Waals surface area contributed by atoms with Crippen LogP contribution in [0.25, 0.3) is 0 Å². The van der Waals surface area contributed by atoms with E-state index in [9.17, 15) is 0 Å². The minimum absolute atomic E-state index is 0.426.